The number of thiophene rings is 1. The van der Waals surface area contributed by atoms with Gasteiger partial charge in [-0.05, 0) is 18.2 Å². The summed E-state index contributed by atoms with van der Waals surface area (Å²) in [5, 5.41) is 3.40. The zero-order chi connectivity index (χ0) is 19.4. The van der Waals surface area contributed by atoms with Crippen molar-refractivity contribution in [2.75, 3.05) is 19.7 Å². The Morgan fingerprint density at radius 1 is 1.37 bits per heavy atom. The van der Waals surface area contributed by atoms with Crippen LogP contribution < -0.4 is 10.1 Å². The van der Waals surface area contributed by atoms with Crippen LogP contribution in [0.25, 0.3) is 10.1 Å². The molecular formula is C16H12ClF3N2O4S. The molecule has 0 unspecified atom stereocenters. The van der Waals surface area contributed by atoms with Crippen molar-refractivity contribution in [2.24, 2.45) is 0 Å². The second kappa shape index (κ2) is 6.16. The summed E-state index contributed by atoms with van der Waals surface area (Å²) in [6.45, 7) is 0.946. The number of halogens is 4. The molecule has 2 fully saturated rings. The molecule has 144 valence electrons. The molecular weight excluding hydrogens is 409 g/mol. The summed E-state index contributed by atoms with van der Waals surface area (Å²) in [5.41, 5.74) is -0.484. The highest BCUT2D eigenvalue weighted by Gasteiger charge is 2.49. The minimum Gasteiger partial charge on any atom is -0.449 e. The molecule has 6 nitrogen and oxygen atoms in total. The van der Waals surface area contributed by atoms with Crippen LogP contribution in [0.5, 0.6) is 5.75 Å². The average Bonchev–Trinajstić information content (AvgIpc) is 2.86. The Balaban J connectivity index is 1.54. The molecule has 1 aromatic carbocycles. The SMILES string of the molecule is O=C1NC2(CCO1)CN(C(=O)c1sc3cc(OC(F)(F)F)ccc3c1Cl)C2. The van der Waals surface area contributed by atoms with Gasteiger partial charge in [0, 0.05) is 29.6 Å². The summed E-state index contributed by atoms with van der Waals surface area (Å²) in [5.74, 6) is -0.703. The smallest absolute Gasteiger partial charge is 0.449 e. The number of rotatable bonds is 2. The van der Waals surface area contributed by atoms with Gasteiger partial charge in [0.2, 0.25) is 0 Å². The number of carbonyl (C=O) groups is 2. The molecule has 2 aliphatic heterocycles. The molecule has 0 aliphatic carbocycles. The lowest BCUT2D eigenvalue weighted by atomic mass is 9.85. The van der Waals surface area contributed by atoms with E-state index in [0.717, 1.165) is 17.4 Å². The summed E-state index contributed by atoms with van der Waals surface area (Å²) >= 11 is 7.28. The number of ether oxygens (including phenoxy) is 2. The van der Waals surface area contributed by atoms with Crippen LogP contribution in [-0.2, 0) is 4.74 Å². The van der Waals surface area contributed by atoms with E-state index in [1.807, 2.05) is 0 Å². The van der Waals surface area contributed by atoms with Crippen LogP contribution in [-0.4, -0.2) is 48.5 Å². The lowest BCUT2D eigenvalue weighted by Gasteiger charge is -2.51. The molecule has 1 N–H and O–H groups in total. The average molecular weight is 421 g/mol. The summed E-state index contributed by atoms with van der Waals surface area (Å²) in [6, 6.07) is 3.74. The van der Waals surface area contributed by atoms with Crippen LogP contribution in [0.4, 0.5) is 18.0 Å². The standard InChI is InChI=1S/C16H12ClF3N2O4S/c17-11-9-2-1-8(26-16(18,19)20)5-10(9)27-12(11)13(23)22-6-15(7-22)3-4-25-14(24)21-15/h1-2,5H,3-4,6-7H2,(H,21,24). The number of cyclic esters (lactones) is 1. The Morgan fingerprint density at radius 3 is 2.78 bits per heavy atom. The molecule has 0 atom stereocenters. The Kier molecular flexibility index (Phi) is 4.15. The third-order valence-corrected chi connectivity index (χ3v) is 6.13. The van der Waals surface area contributed by atoms with E-state index in [0.29, 0.717) is 36.2 Å². The Hall–Kier alpha value is -2.20. The van der Waals surface area contributed by atoms with Crippen LogP contribution in [0, 0.1) is 0 Å². The summed E-state index contributed by atoms with van der Waals surface area (Å²) in [6.07, 6.45) is -4.71. The highest BCUT2D eigenvalue weighted by Crippen LogP contribution is 2.40. The number of alkyl halides is 3. The number of fused-ring (bicyclic) bond motifs is 1. The Labute approximate surface area is 159 Å². The number of nitrogens with one attached hydrogen (secondary N) is 1. The van der Waals surface area contributed by atoms with Crippen LogP contribution >= 0.6 is 22.9 Å². The first kappa shape index (κ1) is 18.2. The number of hydrogen-bond donors (Lipinski definition) is 1. The maximum atomic E-state index is 12.7. The van der Waals surface area contributed by atoms with Crippen molar-refractivity contribution < 1.29 is 32.2 Å². The fraction of sp³-hybridized carbons (Fsp3) is 0.375. The number of alkyl carbamates (subject to hydrolysis) is 1. The van der Waals surface area contributed by atoms with Gasteiger partial charge in [-0.3, -0.25) is 4.79 Å². The van der Waals surface area contributed by atoms with Gasteiger partial charge in [0.25, 0.3) is 5.91 Å². The molecule has 0 bridgehead atoms. The first-order chi connectivity index (χ1) is 12.7. The van der Waals surface area contributed by atoms with Gasteiger partial charge in [-0.2, -0.15) is 0 Å². The summed E-state index contributed by atoms with van der Waals surface area (Å²) in [4.78, 5) is 25.9. The first-order valence-electron chi connectivity index (χ1n) is 7.88. The fourth-order valence-corrected chi connectivity index (χ4v) is 4.75. The predicted molar refractivity (Wildman–Crippen MR) is 91.3 cm³/mol. The van der Waals surface area contributed by atoms with E-state index in [1.165, 1.54) is 17.0 Å². The maximum Gasteiger partial charge on any atom is 0.573 e. The summed E-state index contributed by atoms with van der Waals surface area (Å²) < 4.78 is 46.3. The maximum absolute atomic E-state index is 12.7. The van der Waals surface area contributed by atoms with Crippen molar-refractivity contribution in [2.45, 2.75) is 18.3 Å². The van der Waals surface area contributed by atoms with Crippen molar-refractivity contribution >= 4 is 45.0 Å². The van der Waals surface area contributed by atoms with E-state index in [-0.39, 0.29) is 21.6 Å². The lowest BCUT2D eigenvalue weighted by molar-refractivity contribution is -0.274. The topological polar surface area (TPSA) is 67.9 Å². The molecule has 27 heavy (non-hydrogen) atoms. The zero-order valence-electron chi connectivity index (χ0n) is 13.6. The van der Waals surface area contributed by atoms with Crippen molar-refractivity contribution in [3.05, 3.63) is 28.1 Å². The van der Waals surface area contributed by atoms with E-state index < -0.39 is 18.0 Å². The van der Waals surface area contributed by atoms with Gasteiger partial charge in [0.1, 0.15) is 10.6 Å². The van der Waals surface area contributed by atoms with Gasteiger partial charge in [-0.1, -0.05) is 11.6 Å². The number of benzene rings is 1. The molecule has 2 amide bonds. The molecule has 2 aromatic rings. The molecule has 0 radical (unpaired) electrons. The fourth-order valence-electron chi connectivity index (χ4n) is 3.24. The van der Waals surface area contributed by atoms with Gasteiger partial charge >= 0.3 is 12.5 Å². The highest BCUT2D eigenvalue weighted by atomic mass is 35.5. The summed E-state index contributed by atoms with van der Waals surface area (Å²) in [7, 11) is 0. The second-order valence-electron chi connectivity index (χ2n) is 6.40. The van der Waals surface area contributed by atoms with Crippen molar-refractivity contribution in [3.63, 3.8) is 0 Å². The number of amides is 2. The van der Waals surface area contributed by atoms with Crippen LogP contribution in [0.3, 0.4) is 0 Å². The van der Waals surface area contributed by atoms with Crippen molar-refractivity contribution in [3.8, 4) is 5.75 Å². The molecule has 2 aliphatic rings. The molecule has 4 rings (SSSR count). The van der Waals surface area contributed by atoms with Crippen molar-refractivity contribution in [1.82, 2.24) is 10.2 Å². The number of likely N-dealkylation sites (tertiary alicyclic amines) is 1. The van der Waals surface area contributed by atoms with Crippen molar-refractivity contribution in [1.29, 1.82) is 0 Å². The van der Waals surface area contributed by atoms with Gasteiger partial charge in [-0.25, -0.2) is 4.79 Å². The third kappa shape index (κ3) is 3.39. The second-order valence-corrected chi connectivity index (χ2v) is 7.83. The molecule has 2 saturated heterocycles. The Morgan fingerprint density at radius 2 is 2.11 bits per heavy atom. The molecule has 11 heteroatoms. The van der Waals surface area contributed by atoms with E-state index >= 15 is 0 Å². The minimum absolute atomic E-state index is 0.190. The monoisotopic (exact) mass is 420 g/mol. The van der Waals surface area contributed by atoms with Crippen LogP contribution in [0.2, 0.25) is 5.02 Å². The predicted octanol–water partition coefficient (Wildman–Crippen LogP) is 3.78. The highest BCUT2D eigenvalue weighted by molar-refractivity contribution is 7.21. The minimum atomic E-state index is -4.80. The Bertz CT molecular complexity index is 940. The van der Waals surface area contributed by atoms with E-state index in [2.05, 4.69) is 10.1 Å². The third-order valence-electron chi connectivity index (χ3n) is 4.48. The van der Waals surface area contributed by atoms with Gasteiger partial charge in [0.05, 0.1) is 17.2 Å². The van der Waals surface area contributed by atoms with E-state index in [1.54, 1.807) is 0 Å². The molecule has 0 saturated carbocycles. The molecule has 1 aromatic heterocycles. The largest absolute Gasteiger partial charge is 0.573 e. The van der Waals surface area contributed by atoms with E-state index in [9.17, 15) is 22.8 Å². The van der Waals surface area contributed by atoms with Crippen LogP contribution in [0.1, 0.15) is 16.1 Å². The van der Waals surface area contributed by atoms with E-state index in [4.69, 9.17) is 16.3 Å². The number of nitrogens with zero attached hydrogens (tertiary/aromatic N) is 1. The molecule has 1 spiro atoms. The van der Waals surface area contributed by atoms with Gasteiger partial charge in [-0.15, -0.1) is 24.5 Å². The normalized spacial score (nSPS) is 18.8. The van der Waals surface area contributed by atoms with Gasteiger partial charge in [0.15, 0.2) is 0 Å². The lowest BCUT2D eigenvalue weighted by Crippen LogP contribution is -2.73. The first-order valence-corrected chi connectivity index (χ1v) is 9.07. The quantitative estimate of drug-likeness (QED) is 0.803. The zero-order valence-corrected chi connectivity index (χ0v) is 15.1. The number of carbonyl (C=O) groups excluding carboxylic acids is 2. The van der Waals surface area contributed by atoms with Crippen LogP contribution in [0.15, 0.2) is 18.2 Å². The molecule has 3 heterocycles. The van der Waals surface area contributed by atoms with Gasteiger partial charge < -0.3 is 19.7 Å². The number of hydrogen-bond acceptors (Lipinski definition) is 5.